The number of pyridine rings is 3. The van der Waals surface area contributed by atoms with Gasteiger partial charge in [-0.15, -0.1) is 0 Å². The summed E-state index contributed by atoms with van der Waals surface area (Å²) in [5.41, 5.74) is 20.4. The number of nitrogens with two attached hydrogens (primary N) is 1. The molecule has 7 aromatic rings. The van der Waals surface area contributed by atoms with Crippen molar-refractivity contribution in [3.63, 3.8) is 0 Å². The van der Waals surface area contributed by atoms with E-state index < -0.39 is 0 Å². The van der Waals surface area contributed by atoms with Gasteiger partial charge in [0.05, 0.1) is 22.8 Å². The first-order chi connectivity index (χ1) is 29.6. The van der Waals surface area contributed by atoms with Crippen LogP contribution in [0.25, 0.3) is 90.9 Å². The lowest BCUT2D eigenvalue weighted by atomic mass is 10.0. The molecule has 7 N–H and O–H groups in total. The molecule has 8 heterocycles. The Kier molecular flexibility index (Phi) is 11.2. The van der Waals surface area contributed by atoms with Crippen molar-refractivity contribution in [1.82, 2.24) is 50.8 Å². The summed E-state index contributed by atoms with van der Waals surface area (Å²) in [6.45, 7) is 4.19. The lowest BCUT2D eigenvalue weighted by Crippen LogP contribution is -2.35. The highest BCUT2D eigenvalue weighted by Crippen LogP contribution is 2.38. The number of carbonyl (C=O) groups excluding carboxylic acids is 1. The van der Waals surface area contributed by atoms with Crippen molar-refractivity contribution >= 4 is 52.3 Å². The Bertz CT molecular complexity index is 2830. The third-order valence-corrected chi connectivity index (χ3v) is 10.5. The lowest BCUT2D eigenvalue weighted by Gasteiger charge is -2.09. The normalized spacial score (nSPS) is 11.9. The number of aromatic amines is 2. The van der Waals surface area contributed by atoms with E-state index in [1.807, 2.05) is 60.7 Å². The molecule has 0 saturated carbocycles. The van der Waals surface area contributed by atoms with Gasteiger partial charge in [-0.3, -0.25) is 19.7 Å². The van der Waals surface area contributed by atoms with Gasteiger partial charge >= 0.3 is 0 Å². The number of carbonyl (C=O) groups is 1. The van der Waals surface area contributed by atoms with Crippen molar-refractivity contribution in [3.05, 3.63) is 150 Å². The zero-order valence-corrected chi connectivity index (χ0v) is 32.8. The Morgan fingerprint density at radius 2 is 0.800 bits per heavy atom. The van der Waals surface area contributed by atoms with Crippen LogP contribution in [0.15, 0.2) is 122 Å². The van der Waals surface area contributed by atoms with E-state index in [1.165, 1.54) is 0 Å². The first kappa shape index (κ1) is 38.2. The maximum absolute atomic E-state index is 13.2. The van der Waals surface area contributed by atoms with Gasteiger partial charge in [-0.1, -0.05) is 12.1 Å². The maximum Gasteiger partial charge on any atom is 0.251 e. The first-order valence-electron chi connectivity index (χ1n) is 20.0. The number of aromatic nitrogens is 7. The minimum atomic E-state index is -0.132. The highest BCUT2D eigenvalue weighted by Gasteiger charge is 2.19. The Morgan fingerprint density at radius 3 is 1.18 bits per heavy atom. The zero-order valence-electron chi connectivity index (χ0n) is 32.8. The Hall–Kier alpha value is -7.38. The van der Waals surface area contributed by atoms with Crippen molar-refractivity contribution in [2.75, 3.05) is 39.3 Å². The van der Waals surface area contributed by atoms with Gasteiger partial charge in [-0.05, 0) is 119 Å². The topological polar surface area (TPSA) is 175 Å². The van der Waals surface area contributed by atoms with Gasteiger partial charge in [0.2, 0.25) is 0 Å². The summed E-state index contributed by atoms with van der Waals surface area (Å²) in [4.78, 5) is 44.3. The lowest BCUT2D eigenvalue weighted by molar-refractivity contribution is 0.0954. The number of hydrogen-bond acceptors (Lipinski definition) is 9. The third kappa shape index (κ3) is 8.03. The molecule has 0 saturated heterocycles. The fourth-order valence-electron chi connectivity index (χ4n) is 7.66. The van der Waals surface area contributed by atoms with Crippen LogP contribution in [0.4, 0.5) is 0 Å². The van der Waals surface area contributed by atoms with Gasteiger partial charge in [-0.2, -0.15) is 0 Å². The van der Waals surface area contributed by atoms with Gasteiger partial charge in [-0.25, -0.2) is 9.97 Å². The quantitative estimate of drug-likeness (QED) is 0.0652. The molecule has 0 unspecified atom stereocenters. The molecule has 60 heavy (non-hydrogen) atoms. The van der Waals surface area contributed by atoms with E-state index in [9.17, 15) is 4.79 Å². The fourth-order valence-corrected chi connectivity index (χ4v) is 7.66. The molecule has 12 heteroatoms. The van der Waals surface area contributed by atoms with Gasteiger partial charge < -0.3 is 31.7 Å². The van der Waals surface area contributed by atoms with Crippen molar-refractivity contribution in [2.24, 2.45) is 5.73 Å². The molecule has 0 atom stereocenters. The molecule has 296 valence electrons. The fraction of sp³-hybridized carbons (Fsp3) is 0.125. The van der Waals surface area contributed by atoms with Gasteiger partial charge in [0.25, 0.3) is 5.91 Å². The smallest absolute Gasteiger partial charge is 0.251 e. The molecule has 1 aromatic carbocycles. The summed E-state index contributed by atoms with van der Waals surface area (Å²) in [6.07, 6.45) is 19.0. The Labute approximate surface area is 346 Å². The Morgan fingerprint density at radius 1 is 0.450 bits per heavy atom. The van der Waals surface area contributed by atoms with Crippen molar-refractivity contribution in [1.29, 1.82) is 0 Å². The monoisotopic (exact) mass is 789 g/mol. The summed E-state index contributed by atoms with van der Waals surface area (Å²) in [5, 5.41) is 9.61. The molecule has 2 aliphatic heterocycles. The number of H-pyrrole nitrogens is 2. The van der Waals surface area contributed by atoms with Crippen LogP contribution in [0.3, 0.4) is 0 Å². The summed E-state index contributed by atoms with van der Waals surface area (Å²) in [7, 11) is 0. The molecule has 2 aliphatic rings. The second-order valence-electron chi connectivity index (χ2n) is 14.3. The number of amides is 1. The second-order valence-corrected chi connectivity index (χ2v) is 14.3. The average molecular weight is 790 g/mol. The van der Waals surface area contributed by atoms with E-state index in [-0.39, 0.29) is 5.91 Å². The number of nitrogens with one attached hydrogen (secondary N) is 5. The predicted octanol–water partition coefficient (Wildman–Crippen LogP) is 7.38. The number of nitrogens with zero attached hydrogens (tertiary/aromatic N) is 5. The molecule has 9 rings (SSSR count). The van der Waals surface area contributed by atoms with Crippen LogP contribution in [0.1, 0.15) is 33.1 Å². The zero-order chi connectivity index (χ0) is 40.7. The van der Waals surface area contributed by atoms with E-state index in [0.717, 1.165) is 109 Å². The van der Waals surface area contributed by atoms with Gasteiger partial charge in [0.1, 0.15) is 0 Å². The molecule has 0 radical (unpaired) electrons. The number of hydrogen-bond donors (Lipinski definition) is 6. The molecule has 12 nitrogen and oxygen atoms in total. The first-order valence-corrected chi connectivity index (χ1v) is 20.0. The number of benzene rings is 1. The highest BCUT2D eigenvalue weighted by molar-refractivity contribution is 6.00. The molecule has 8 bridgehead atoms. The van der Waals surface area contributed by atoms with E-state index in [4.69, 9.17) is 15.7 Å². The van der Waals surface area contributed by atoms with Crippen LogP contribution in [-0.2, 0) is 0 Å². The minimum absolute atomic E-state index is 0.132. The SMILES string of the molecule is NCCNCCNCCNC(=O)c1ccc(-c2c3nc(c(-c4ccncc4)c4ccc([nH]4)c(-c4ccncc4)c4nc(c(-c5ccncc5)c5ccc2[nH]5)C=C4)C=C3)cc1. The number of rotatable bonds is 13. The maximum atomic E-state index is 13.2. The molecule has 0 fully saturated rings. The van der Waals surface area contributed by atoms with Crippen LogP contribution >= 0.6 is 0 Å². The van der Waals surface area contributed by atoms with Crippen molar-refractivity contribution in [2.45, 2.75) is 0 Å². The minimum Gasteiger partial charge on any atom is -0.354 e. The molecule has 0 aliphatic carbocycles. The van der Waals surface area contributed by atoms with Crippen LogP contribution in [0, 0.1) is 0 Å². The van der Waals surface area contributed by atoms with Crippen LogP contribution < -0.4 is 21.7 Å². The number of fused-ring (bicyclic) bond motifs is 8. The average Bonchev–Trinajstić information content (AvgIpc) is 4.14. The van der Waals surface area contributed by atoms with Crippen molar-refractivity contribution in [3.8, 4) is 44.5 Å². The van der Waals surface area contributed by atoms with E-state index >= 15 is 0 Å². The second kappa shape index (κ2) is 17.6. The van der Waals surface area contributed by atoms with Crippen LogP contribution in [0.2, 0.25) is 0 Å². The third-order valence-electron chi connectivity index (χ3n) is 10.5. The van der Waals surface area contributed by atoms with E-state index in [0.29, 0.717) is 25.2 Å². The molecular formula is C48H43N11O. The Balaban J connectivity index is 1.23. The van der Waals surface area contributed by atoms with E-state index in [2.05, 4.69) is 89.4 Å². The summed E-state index contributed by atoms with van der Waals surface area (Å²) in [6, 6.07) is 28.1. The largest absolute Gasteiger partial charge is 0.354 e. The van der Waals surface area contributed by atoms with Gasteiger partial charge in [0.15, 0.2) is 0 Å². The van der Waals surface area contributed by atoms with Crippen LogP contribution in [0.5, 0.6) is 0 Å². The van der Waals surface area contributed by atoms with E-state index in [1.54, 1.807) is 37.2 Å². The predicted molar refractivity (Wildman–Crippen MR) is 241 cm³/mol. The van der Waals surface area contributed by atoms with Crippen LogP contribution in [-0.4, -0.2) is 80.1 Å². The summed E-state index contributed by atoms with van der Waals surface area (Å²) >= 11 is 0. The summed E-state index contributed by atoms with van der Waals surface area (Å²) < 4.78 is 0. The molecule has 0 spiro atoms. The summed E-state index contributed by atoms with van der Waals surface area (Å²) in [5.74, 6) is -0.132. The highest BCUT2D eigenvalue weighted by atomic mass is 16.1. The molecule has 6 aromatic heterocycles. The molecular weight excluding hydrogens is 747 g/mol. The standard InChI is InChI=1S/C48H43N11O/c49-19-26-53-27-28-54-29-30-55-48(60)35-3-1-31(2-4-35)44-36-5-7-38(56-36)45(32-13-20-50-21-14-32)40-9-11-42(58-40)47(34-17-24-52-25-18-34)43-12-10-41(59-43)46(33-15-22-51-23-16-33)39-8-6-37(44)57-39/h1-18,20-25,53-54,56,59H,19,26-30,49H2,(H,55,60). The van der Waals surface area contributed by atoms with Gasteiger partial charge in [0, 0.05) is 126 Å². The van der Waals surface area contributed by atoms with Crippen molar-refractivity contribution < 1.29 is 4.79 Å². The molecule has 1 amide bonds.